The quantitative estimate of drug-likeness (QED) is 0.802. The van der Waals surface area contributed by atoms with Crippen LogP contribution in [0.1, 0.15) is 18.4 Å². The first kappa shape index (κ1) is 14.9. The maximum atomic E-state index is 5.80. The van der Waals surface area contributed by atoms with Gasteiger partial charge in [0.25, 0.3) is 0 Å². The highest BCUT2D eigenvalue weighted by atomic mass is 16.7. The number of aryl methyl sites for hydroxylation is 1. The van der Waals surface area contributed by atoms with Gasteiger partial charge < -0.3 is 23.7 Å². The first-order valence-electron chi connectivity index (χ1n) is 6.83. The monoisotopic (exact) mass is 282 g/mol. The van der Waals surface area contributed by atoms with Crippen molar-refractivity contribution in [2.24, 2.45) is 0 Å². The molecule has 1 aliphatic rings. The Morgan fingerprint density at radius 3 is 2.25 bits per heavy atom. The summed E-state index contributed by atoms with van der Waals surface area (Å²) in [5.41, 5.74) is 1.06. The maximum absolute atomic E-state index is 5.80. The van der Waals surface area contributed by atoms with E-state index in [1.54, 1.807) is 14.2 Å². The minimum atomic E-state index is -0.175. The Morgan fingerprint density at radius 1 is 1.10 bits per heavy atom. The molecule has 1 heterocycles. The fourth-order valence-electron chi connectivity index (χ4n) is 2.11. The summed E-state index contributed by atoms with van der Waals surface area (Å²) in [5.74, 6) is 1.97. The van der Waals surface area contributed by atoms with E-state index >= 15 is 0 Å². The van der Waals surface area contributed by atoms with Crippen LogP contribution in [0.25, 0.3) is 0 Å². The molecule has 5 nitrogen and oxygen atoms in total. The molecule has 1 saturated heterocycles. The van der Waals surface area contributed by atoms with E-state index in [2.05, 4.69) is 0 Å². The highest BCUT2D eigenvalue weighted by Gasteiger charge is 2.17. The van der Waals surface area contributed by atoms with Crippen molar-refractivity contribution >= 4 is 0 Å². The first-order chi connectivity index (χ1) is 9.74. The summed E-state index contributed by atoms with van der Waals surface area (Å²) >= 11 is 0. The van der Waals surface area contributed by atoms with E-state index in [1.807, 2.05) is 19.1 Å². The second-order valence-electron chi connectivity index (χ2n) is 4.66. The van der Waals surface area contributed by atoms with Gasteiger partial charge in [0.15, 0.2) is 17.8 Å². The van der Waals surface area contributed by atoms with Crippen molar-refractivity contribution in [3.63, 3.8) is 0 Å². The molecular weight excluding hydrogens is 260 g/mol. The second kappa shape index (κ2) is 7.36. The summed E-state index contributed by atoms with van der Waals surface area (Å²) < 4.78 is 27.5. The van der Waals surface area contributed by atoms with Gasteiger partial charge in [-0.05, 0) is 31.0 Å². The largest absolute Gasteiger partial charge is 0.493 e. The first-order valence-corrected chi connectivity index (χ1v) is 6.83. The van der Waals surface area contributed by atoms with Gasteiger partial charge in [-0.15, -0.1) is 0 Å². The number of rotatable bonds is 6. The molecule has 0 spiro atoms. The van der Waals surface area contributed by atoms with Crippen molar-refractivity contribution in [1.82, 2.24) is 0 Å². The van der Waals surface area contributed by atoms with Crippen LogP contribution in [-0.2, 0) is 9.47 Å². The van der Waals surface area contributed by atoms with E-state index in [9.17, 15) is 0 Å². The lowest BCUT2D eigenvalue weighted by Crippen LogP contribution is -2.26. The third kappa shape index (κ3) is 3.77. The average Bonchev–Trinajstić information content (AvgIpc) is 2.49. The maximum Gasteiger partial charge on any atom is 0.203 e. The van der Waals surface area contributed by atoms with Crippen molar-refractivity contribution in [2.75, 3.05) is 34.0 Å². The molecule has 5 heteroatoms. The van der Waals surface area contributed by atoms with E-state index < -0.39 is 0 Å². The molecule has 0 radical (unpaired) electrons. The molecule has 0 saturated carbocycles. The zero-order chi connectivity index (χ0) is 14.4. The lowest BCUT2D eigenvalue weighted by Gasteiger charge is -2.23. The third-order valence-corrected chi connectivity index (χ3v) is 3.10. The number of methoxy groups -OCH3 is 2. The zero-order valence-electron chi connectivity index (χ0n) is 12.3. The van der Waals surface area contributed by atoms with Crippen LogP contribution < -0.4 is 14.2 Å². The standard InChI is InChI=1S/C15H22O5/c1-11-9-12(16-2)15(13(10-11)17-3)20-8-5-14-18-6-4-7-19-14/h9-10,14H,4-8H2,1-3H3. The van der Waals surface area contributed by atoms with Crippen molar-refractivity contribution < 1.29 is 23.7 Å². The molecule has 0 amide bonds. The van der Waals surface area contributed by atoms with Gasteiger partial charge in [-0.1, -0.05) is 0 Å². The van der Waals surface area contributed by atoms with Crippen LogP contribution in [0.5, 0.6) is 17.2 Å². The Morgan fingerprint density at radius 2 is 1.70 bits per heavy atom. The van der Waals surface area contributed by atoms with Gasteiger partial charge in [0, 0.05) is 6.42 Å². The molecule has 1 aromatic carbocycles. The number of benzene rings is 1. The molecule has 0 aliphatic carbocycles. The molecule has 112 valence electrons. The van der Waals surface area contributed by atoms with E-state index in [-0.39, 0.29) is 6.29 Å². The molecule has 0 atom stereocenters. The summed E-state index contributed by atoms with van der Waals surface area (Å²) in [6, 6.07) is 3.84. The lowest BCUT2D eigenvalue weighted by molar-refractivity contribution is -0.183. The number of hydrogen-bond acceptors (Lipinski definition) is 5. The summed E-state index contributed by atoms with van der Waals surface area (Å²) in [6.45, 7) is 3.97. The molecule has 1 fully saturated rings. The molecule has 1 aliphatic heterocycles. The smallest absolute Gasteiger partial charge is 0.203 e. The zero-order valence-corrected chi connectivity index (χ0v) is 12.3. The van der Waals surface area contributed by atoms with Gasteiger partial charge in [0.2, 0.25) is 5.75 Å². The van der Waals surface area contributed by atoms with Crippen LogP contribution >= 0.6 is 0 Å². The molecular formula is C15H22O5. The van der Waals surface area contributed by atoms with E-state index in [0.29, 0.717) is 30.3 Å². The van der Waals surface area contributed by atoms with Crippen LogP contribution in [0.4, 0.5) is 0 Å². The van der Waals surface area contributed by atoms with E-state index in [1.165, 1.54) is 0 Å². The SMILES string of the molecule is COc1cc(C)cc(OC)c1OCCC1OCCCO1. The molecule has 0 unspecified atom stereocenters. The Hall–Kier alpha value is -1.46. The summed E-state index contributed by atoms with van der Waals surface area (Å²) in [7, 11) is 3.24. The van der Waals surface area contributed by atoms with Crippen LogP contribution in [0.3, 0.4) is 0 Å². The molecule has 2 rings (SSSR count). The number of hydrogen-bond donors (Lipinski definition) is 0. The van der Waals surface area contributed by atoms with Crippen molar-refractivity contribution in [1.29, 1.82) is 0 Å². The van der Waals surface area contributed by atoms with Crippen LogP contribution in [0.15, 0.2) is 12.1 Å². The highest BCUT2D eigenvalue weighted by Crippen LogP contribution is 2.38. The number of ether oxygens (including phenoxy) is 5. The summed E-state index contributed by atoms with van der Waals surface area (Å²) in [4.78, 5) is 0. The minimum Gasteiger partial charge on any atom is -0.493 e. The van der Waals surface area contributed by atoms with Gasteiger partial charge in [0.1, 0.15) is 0 Å². The van der Waals surface area contributed by atoms with Crippen LogP contribution in [0, 0.1) is 6.92 Å². The van der Waals surface area contributed by atoms with E-state index in [4.69, 9.17) is 23.7 Å². The van der Waals surface area contributed by atoms with Crippen LogP contribution in [-0.4, -0.2) is 40.3 Å². The second-order valence-corrected chi connectivity index (χ2v) is 4.66. The van der Waals surface area contributed by atoms with Crippen LogP contribution in [0.2, 0.25) is 0 Å². The van der Waals surface area contributed by atoms with Gasteiger partial charge in [-0.3, -0.25) is 0 Å². The summed E-state index contributed by atoms with van der Waals surface area (Å²) in [5, 5.41) is 0. The molecule has 1 aromatic rings. The predicted molar refractivity (Wildman–Crippen MR) is 74.7 cm³/mol. The van der Waals surface area contributed by atoms with E-state index in [0.717, 1.165) is 25.2 Å². The normalized spacial score (nSPS) is 15.9. The van der Waals surface area contributed by atoms with Gasteiger partial charge >= 0.3 is 0 Å². The van der Waals surface area contributed by atoms with Gasteiger partial charge in [0.05, 0.1) is 34.0 Å². The highest BCUT2D eigenvalue weighted by molar-refractivity contribution is 5.53. The Kier molecular flexibility index (Phi) is 5.49. The Bertz CT molecular complexity index is 401. The Labute approximate surface area is 119 Å². The summed E-state index contributed by atoms with van der Waals surface area (Å²) in [6.07, 6.45) is 1.46. The topological polar surface area (TPSA) is 46.2 Å². The van der Waals surface area contributed by atoms with Crippen molar-refractivity contribution in [2.45, 2.75) is 26.1 Å². The van der Waals surface area contributed by atoms with Gasteiger partial charge in [-0.25, -0.2) is 0 Å². The lowest BCUT2D eigenvalue weighted by atomic mass is 10.2. The third-order valence-electron chi connectivity index (χ3n) is 3.10. The fourth-order valence-corrected chi connectivity index (χ4v) is 2.11. The average molecular weight is 282 g/mol. The molecule has 0 bridgehead atoms. The van der Waals surface area contributed by atoms with Crippen molar-refractivity contribution in [3.8, 4) is 17.2 Å². The van der Waals surface area contributed by atoms with Gasteiger partial charge in [-0.2, -0.15) is 0 Å². The molecule has 0 N–H and O–H groups in total. The molecule has 20 heavy (non-hydrogen) atoms. The molecule has 0 aromatic heterocycles. The minimum absolute atomic E-state index is 0.175. The fraction of sp³-hybridized carbons (Fsp3) is 0.600. The predicted octanol–water partition coefficient (Wildman–Crippen LogP) is 2.54. The van der Waals surface area contributed by atoms with Crippen molar-refractivity contribution in [3.05, 3.63) is 17.7 Å². The Balaban J connectivity index is 1.97.